The van der Waals surface area contributed by atoms with Gasteiger partial charge in [0.2, 0.25) is 5.91 Å². The van der Waals surface area contributed by atoms with E-state index in [0.717, 1.165) is 0 Å². The topological polar surface area (TPSA) is 55.8 Å². The van der Waals surface area contributed by atoms with Crippen LogP contribution in [0.3, 0.4) is 0 Å². The van der Waals surface area contributed by atoms with Crippen LogP contribution in [0.4, 0.5) is 0 Å². The number of amides is 1. The Balaban J connectivity index is 2.12. The van der Waals surface area contributed by atoms with Crippen molar-refractivity contribution in [3.63, 3.8) is 0 Å². The third kappa shape index (κ3) is 3.70. The SMILES string of the molecule is C=CCOC(=O)C1C(C=S)SC2C(C(C)O[Si](C)(C)C)C(=O)N21. The number of carbonyl (C=O) groups is 2. The molecule has 0 aromatic rings. The van der Waals surface area contributed by atoms with E-state index >= 15 is 0 Å². The van der Waals surface area contributed by atoms with Gasteiger partial charge in [-0.3, -0.25) is 4.79 Å². The molecule has 2 heterocycles. The Morgan fingerprint density at radius 2 is 2.17 bits per heavy atom. The second kappa shape index (κ2) is 7.04. The average molecular weight is 374 g/mol. The van der Waals surface area contributed by atoms with Crippen molar-refractivity contribution in [2.75, 3.05) is 6.61 Å². The molecule has 0 saturated carbocycles. The first kappa shape index (κ1) is 18.6. The van der Waals surface area contributed by atoms with Crippen LogP contribution >= 0.6 is 24.0 Å². The fourth-order valence-electron chi connectivity index (χ4n) is 2.99. The minimum Gasteiger partial charge on any atom is -0.460 e. The second-order valence-electron chi connectivity index (χ2n) is 6.70. The van der Waals surface area contributed by atoms with Crippen LogP contribution in [0.1, 0.15) is 6.92 Å². The number of thiocarbonyl (C=S) groups is 1. The van der Waals surface area contributed by atoms with E-state index in [1.165, 1.54) is 6.08 Å². The maximum absolute atomic E-state index is 12.6. The molecule has 23 heavy (non-hydrogen) atoms. The predicted molar refractivity (Wildman–Crippen MR) is 98.0 cm³/mol. The zero-order chi connectivity index (χ0) is 17.4. The summed E-state index contributed by atoms with van der Waals surface area (Å²) in [5.41, 5.74) is 0. The molecule has 2 rings (SSSR count). The molecule has 0 aromatic heterocycles. The molecule has 0 N–H and O–H groups in total. The summed E-state index contributed by atoms with van der Waals surface area (Å²) in [7, 11) is -1.73. The largest absolute Gasteiger partial charge is 0.460 e. The molecule has 0 aliphatic carbocycles. The first-order chi connectivity index (χ1) is 10.7. The van der Waals surface area contributed by atoms with Gasteiger partial charge in [-0.25, -0.2) is 4.79 Å². The molecule has 0 spiro atoms. The molecule has 5 unspecified atom stereocenters. The molecular formula is C15H23NO4S2Si. The van der Waals surface area contributed by atoms with Crippen LogP contribution < -0.4 is 0 Å². The molecule has 5 atom stereocenters. The smallest absolute Gasteiger partial charge is 0.330 e. The summed E-state index contributed by atoms with van der Waals surface area (Å²) in [4.78, 5) is 26.4. The highest BCUT2D eigenvalue weighted by Gasteiger charge is 2.62. The number of esters is 1. The summed E-state index contributed by atoms with van der Waals surface area (Å²) in [5, 5.41) is 1.26. The van der Waals surface area contributed by atoms with Crippen molar-refractivity contribution in [2.45, 2.75) is 49.3 Å². The number of nitrogens with zero attached hydrogens (tertiary/aromatic N) is 1. The van der Waals surface area contributed by atoms with Crippen molar-refractivity contribution in [2.24, 2.45) is 5.92 Å². The minimum absolute atomic E-state index is 0.0480. The Morgan fingerprint density at radius 3 is 2.70 bits per heavy atom. The van der Waals surface area contributed by atoms with E-state index in [-0.39, 0.29) is 35.2 Å². The molecular weight excluding hydrogens is 350 g/mol. The van der Waals surface area contributed by atoms with E-state index in [1.54, 1.807) is 22.0 Å². The van der Waals surface area contributed by atoms with Gasteiger partial charge in [0.1, 0.15) is 12.6 Å². The van der Waals surface area contributed by atoms with Crippen LogP contribution in [0.25, 0.3) is 0 Å². The lowest BCUT2D eigenvalue weighted by Crippen LogP contribution is -2.65. The van der Waals surface area contributed by atoms with Crippen molar-refractivity contribution >= 4 is 49.5 Å². The molecule has 0 bridgehead atoms. The second-order valence-corrected chi connectivity index (χ2v) is 12.7. The van der Waals surface area contributed by atoms with E-state index in [1.807, 2.05) is 6.92 Å². The number of rotatable bonds is 7. The summed E-state index contributed by atoms with van der Waals surface area (Å²) < 4.78 is 11.2. The van der Waals surface area contributed by atoms with Crippen molar-refractivity contribution in [3.8, 4) is 0 Å². The number of ether oxygens (including phenoxy) is 1. The van der Waals surface area contributed by atoms with Gasteiger partial charge in [-0.2, -0.15) is 0 Å². The molecule has 2 aliphatic heterocycles. The quantitative estimate of drug-likeness (QED) is 0.224. The van der Waals surface area contributed by atoms with Crippen LogP contribution in [0.15, 0.2) is 12.7 Å². The third-order valence-corrected chi connectivity index (χ3v) is 6.84. The summed E-state index contributed by atoms with van der Waals surface area (Å²) in [6.07, 6.45) is 1.35. The van der Waals surface area contributed by atoms with Gasteiger partial charge in [0, 0.05) is 0 Å². The molecule has 0 aromatic carbocycles. The third-order valence-electron chi connectivity index (χ3n) is 3.79. The monoisotopic (exact) mass is 373 g/mol. The van der Waals surface area contributed by atoms with Gasteiger partial charge in [-0.15, -0.1) is 11.8 Å². The molecule has 128 valence electrons. The first-order valence-corrected chi connectivity index (χ1v) is 12.4. The Labute approximate surface area is 147 Å². The zero-order valence-corrected chi connectivity index (χ0v) is 16.5. The van der Waals surface area contributed by atoms with Crippen LogP contribution in [-0.4, -0.2) is 59.8 Å². The molecule has 1 amide bonds. The number of β-lactam (4-membered cyclic amide) rings is 1. The van der Waals surface area contributed by atoms with Gasteiger partial charge in [0.25, 0.3) is 0 Å². The van der Waals surface area contributed by atoms with Crippen LogP contribution in [0, 0.1) is 5.92 Å². The van der Waals surface area contributed by atoms with E-state index in [0.29, 0.717) is 0 Å². The summed E-state index contributed by atoms with van der Waals surface area (Å²) in [5.74, 6) is -0.689. The van der Waals surface area contributed by atoms with Gasteiger partial charge in [-0.1, -0.05) is 24.9 Å². The average Bonchev–Trinajstić information content (AvgIpc) is 2.77. The molecule has 5 nitrogen and oxygen atoms in total. The van der Waals surface area contributed by atoms with Crippen LogP contribution in [0.5, 0.6) is 0 Å². The van der Waals surface area contributed by atoms with Crippen LogP contribution in [-0.2, 0) is 18.8 Å². The lowest BCUT2D eigenvalue weighted by Gasteiger charge is -2.47. The predicted octanol–water partition coefficient (Wildman–Crippen LogP) is 2.22. The highest BCUT2D eigenvalue weighted by molar-refractivity contribution is 8.02. The van der Waals surface area contributed by atoms with Gasteiger partial charge < -0.3 is 14.1 Å². The number of fused-ring (bicyclic) bond motifs is 1. The Morgan fingerprint density at radius 1 is 1.52 bits per heavy atom. The van der Waals surface area contributed by atoms with Crippen LogP contribution in [0.2, 0.25) is 19.6 Å². The van der Waals surface area contributed by atoms with E-state index < -0.39 is 20.3 Å². The maximum Gasteiger partial charge on any atom is 0.330 e. The molecule has 0 radical (unpaired) electrons. The minimum atomic E-state index is -1.73. The lowest BCUT2D eigenvalue weighted by molar-refractivity contribution is -0.168. The van der Waals surface area contributed by atoms with E-state index in [9.17, 15) is 9.59 Å². The Kier molecular flexibility index (Phi) is 5.70. The summed E-state index contributed by atoms with van der Waals surface area (Å²) in [6, 6.07) is -0.634. The number of hydrogen-bond donors (Lipinski definition) is 0. The number of hydrogen-bond acceptors (Lipinski definition) is 6. The number of carbonyl (C=O) groups excluding carboxylic acids is 2. The van der Waals surface area contributed by atoms with Gasteiger partial charge in [-0.05, 0) is 31.9 Å². The standard InChI is InChI=1S/C15H23NO4S2Si/c1-6-7-19-15(18)12-10(8-21)22-14-11(13(17)16(12)14)9(2)20-23(3,4)5/h6,8-12,14H,1,7H2,2-5H3. The summed E-state index contributed by atoms with van der Waals surface area (Å²) >= 11 is 6.60. The molecule has 2 aliphatic rings. The van der Waals surface area contributed by atoms with E-state index in [4.69, 9.17) is 21.4 Å². The summed E-state index contributed by atoms with van der Waals surface area (Å²) in [6.45, 7) is 11.9. The van der Waals surface area contributed by atoms with Crippen molar-refractivity contribution in [3.05, 3.63) is 12.7 Å². The molecule has 8 heteroatoms. The van der Waals surface area contributed by atoms with Crippen molar-refractivity contribution in [1.29, 1.82) is 0 Å². The first-order valence-electron chi connectivity index (χ1n) is 7.59. The normalized spacial score (nSPS) is 31.1. The highest BCUT2D eigenvalue weighted by atomic mass is 32.2. The Bertz CT molecular complexity index is 522. The fourth-order valence-corrected chi connectivity index (χ4v) is 6.25. The van der Waals surface area contributed by atoms with Crippen molar-refractivity contribution in [1.82, 2.24) is 4.90 Å². The highest BCUT2D eigenvalue weighted by Crippen LogP contribution is 2.49. The zero-order valence-electron chi connectivity index (χ0n) is 13.9. The fraction of sp³-hybridized carbons (Fsp3) is 0.667. The molecule has 2 fully saturated rings. The van der Waals surface area contributed by atoms with E-state index in [2.05, 4.69) is 26.2 Å². The lowest BCUT2D eigenvalue weighted by atomic mass is 9.90. The maximum atomic E-state index is 12.6. The van der Waals surface area contributed by atoms with Gasteiger partial charge in [0.15, 0.2) is 8.32 Å². The molecule has 2 saturated heterocycles. The Hall–Kier alpha value is -0.703. The number of thioether (sulfide) groups is 1. The van der Waals surface area contributed by atoms with Crippen molar-refractivity contribution < 1.29 is 18.8 Å². The van der Waals surface area contributed by atoms with Gasteiger partial charge >= 0.3 is 5.97 Å². The van der Waals surface area contributed by atoms with Gasteiger partial charge in [0.05, 0.1) is 22.6 Å².